The van der Waals surface area contributed by atoms with Crippen molar-refractivity contribution in [2.75, 3.05) is 5.73 Å². The van der Waals surface area contributed by atoms with Gasteiger partial charge in [-0.25, -0.2) is 9.07 Å². The zero-order chi connectivity index (χ0) is 12.0. The monoisotopic (exact) mass is 251 g/mol. The van der Waals surface area contributed by atoms with Gasteiger partial charge in [0.05, 0.1) is 12.2 Å². The summed E-state index contributed by atoms with van der Waals surface area (Å²) in [5.41, 5.74) is 7.57. The van der Waals surface area contributed by atoms with E-state index in [-0.39, 0.29) is 11.9 Å². The number of anilines is 1. The van der Waals surface area contributed by atoms with E-state index in [1.165, 1.54) is 12.3 Å². The first kappa shape index (κ1) is 10.6. The van der Waals surface area contributed by atoms with E-state index in [0.717, 1.165) is 17.5 Å². The van der Waals surface area contributed by atoms with Crippen molar-refractivity contribution in [3.63, 3.8) is 0 Å². The van der Waals surface area contributed by atoms with Crippen LogP contribution in [-0.2, 0) is 6.42 Å². The van der Waals surface area contributed by atoms with Crippen molar-refractivity contribution in [3.05, 3.63) is 46.4 Å². The number of nitrogens with two attached hydrogens (primary N) is 1. The molecule has 0 saturated heterocycles. The Morgan fingerprint density at radius 2 is 2.29 bits per heavy atom. The smallest absolute Gasteiger partial charge is 0.141 e. The van der Waals surface area contributed by atoms with E-state index in [2.05, 4.69) is 5.10 Å². The van der Waals surface area contributed by atoms with Crippen molar-refractivity contribution in [3.8, 4) is 0 Å². The second kappa shape index (κ2) is 3.74. The standard InChI is InChI=1S/C12H11ClFN3/c13-9-6-16-17(12(9)15)11-5-4-7-8(11)2-1-3-10(7)14/h1-3,6,11H,4-5,15H2. The number of nitrogen functional groups attached to an aromatic ring is 1. The Bertz CT molecular complexity index is 579. The molecule has 3 nitrogen and oxygen atoms in total. The van der Waals surface area contributed by atoms with Gasteiger partial charge >= 0.3 is 0 Å². The summed E-state index contributed by atoms with van der Waals surface area (Å²) in [6.45, 7) is 0. The van der Waals surface area contributed by atoms with Crippen LogP contribution in [0.15, 0.2) is 24.4 Å². The lowest BCUT2D eigenvalue weighted by Gasteiger charge is -2.14. The average Bonchev–Trinajstić information content (AvgIpc) is 2.86. The predicted molar refractivity (Wildman–Crippen MR) is 64.5 cm³/mol. The highest BCUT2D eigenvalue weighted by Crippen LogP contribution is 2.37. The summed E-state index contributed by atoms with van der Waals surface area (Å²) in [7, 11) is 0. The van der Waals surface area contributed by atoms with Crippen LogP contribution in [-0.4, -0.2) is 9.78 Å². The van der Waals surface area contributed by atoms with Crippen LogP contribution in [0.2, 0.25) is 5.02 Å². The van der Waals surface area contributed by atoms with Gasteiger partial charge in [0.2, 0.25) is 0 Å². The Labute approximate surface area is 103 Å². The van der Waals surface area contributed by atoms with Crippen molar-refractivity contribution in [1.29, 1.82) is 0 Å². The van der Waals surface area contributed by atoms with Gasteiger partial charge in [0.25, 0.3) is 0 Å². The number of aromatic nitrogens is 2. The van der Waals surface area contributed by atoms with Crippen LogP contribution < -0.4 is 5.73 Å². The molecule has 1 aromatic heterocycles. The molecule has 0 bridgehead atoms. The fraction of sp³-hybridized carbons (Fsp3) is 0.250. The first-order valence-electron chi connectivity index (χ1n) is 5.44. The highest BCUT2D eigenvalue weighted by atomic mass is 35.5. The van der Waals surface area contributed by atoms with Crippen molar-refractivity contribution in [2.24, 2.45) is 0 Å². The van der Waals surface area contributed by atoms with E-state index in [9.17, 15) is 4.39 Å². The van der Waals surface area contributed by atoms with Gasteiger partial charge in [-0.3, -0.25) is 0 Å². The maximum absolute atomic E-state index is 13.6. The van der Waals surface area contributed by atoms with Crippen LogP contribution in [0.1, 0.15) is 23.6 Å². The van der Waals surface area contributed by atoms with Gasteiger partial charge in [-0.2, -0.15) is 5.10 Å². The van der Waals surface area contributed by atoms with Crippen molar-refractivity contribution >= 4 is 17.4 Å². The zero-order valence-electron chi connectivity index (χ0n) is 9.03. The molecule has 3 rings (SSSR count). The molecule has 1 unspecified atom stereocenters. The number of halogens is 2. The number of rotatable bonds is 1. The van der Waals surface area contributed by atoms with Crippen LogP contribution in [0.4, 0.5) is 10.2 Å². The Kier molecular flexibility index (Phi) is 2.33. The van der Waals surface area contributed by atoms with Gasteiger partial charge in [-0.05, 0) is 30.0 Å². The molecule has 1 aliphatic rings. The van der Waals surface area contributed by atoms with Gasteiger partial charge in [-0.1, -0.05) is 23.7 Å². The molecule has 2 aromatic rings. The summed E-state index contributed by atoms with van der Waals surface area (Å²) in [6, 6.07) is 5.12. The number of hydrogen-bond acceptors (Lipinski definition) is 2. The van der Waals surface area contributed by atoms with Gasteiger partial charge in [0, 0.05) is 0 Å². The highest BCUT2D eigenvalue weighted by Gasteiger charge is 2.28. The summed E-state index contributed by atoms with van der Waals surface area (Å²) in [5, 5.41) is 4.60. The molecule has 0 spiro atoms. The van der Waals surface area contributed by atoms with Crippen LogP contribution in [0, 0.1) is 5.82 Å². The maximum Gasteiger partial charge on any atom is 0.141 e. The molecule has 0 fully saturated rings. The van der Waals surface area contributed by atoms with Gasteiger partial charge in [-0.15, -0.1) is 0 Å². The van der Waals surface area contributed by atoms with Crippen molar-refractivity contribution < 1.29 is 4.39 Å². The van der Waals surface area contributed by atoms with E-state index in [0.29, 0.717) is 17.3 Å². The second-order valence-corrected chi connectivity index (χ2v) is 4.59. The second-order valence-electron chi connectivity index (χ2n) is 4.18. The van der Waals surface area contributed by atoms with Gasteiger partial charge < -0.3 is 5.73 Å². The fourth-order valence-corrected chi connectivity index (χ4v) is 2.57. The quantitative estimate of drug-likeness (QED) is 0.847. The molecule has 1 aromatic carbocycles. The maximum atomic E-state index is 13.6. The molecule has 0 amide bonds. The molecular weight excluding hydrogens is 241 g/mol. The fourth-order valence-electron chi connectivity index (χ4n) is 2.44. The lowest BCUT2D eigenvalue weighted by atomic mass is 10.1. The minimum atomic E-state index is -0.151. The average molecular weight is 252 g/mol. The van der Waals surface area contributed by atoms with E-state index in [1.54, 1.807) is 10.7 Å². The third-order valence-electron chi connectivity index (χ3n) is 3.26. The normalized spacial score (nSPS) is 18.4. The topological polar surface area (TPSA) is 43.8 Å². The molecule has 1 heterocycles. The largest absolute Gasteiger partial charge is 0.383 e. The van der Waals surface area contributed by atoms with Crippen LogP contribution in [0.3, 0.4) is 0 Å². The molecule has 0 radical (unpaired) electrons. The molecule has 1 aliphatic carbocycles. The van der Waals surface area contributed by atoms with E-state index in [1.807, 2.05) is 6.07 Å². The molecule has 1 atom stereocenters. The first-order valence-corrected chi connectivity index (χ1v) is 5.82. The molecule has 5 heteroatoms. The minimum absolute atomic E-state index is 0.00630. The lowest BCUT2D eigenvalue weighted by molar-refractivity contribution is 0.528. The van der Waals surface area contributed by atoms with Crippen LogP contribution in [0.25, 0.3) is 0 Å². The predicted octanol–water partition coefficient (Wildman–Crippen LogP) is 2.79. The van der Waals surface area contributed by atoms with Crippen LogP contribution in [0.5, 0.6) is 0 Å². The Morgan fingerprint density at radius 3 is 3.00 bits per heavy atom. The molecular formula is C12H11ClFN3. The molecule has 88 valence electrons. The summed E-state index contributed by atoms with van der Waals surface area (Å²) in [6.07, 6.45) is 3.04. The molecule has 0 aliphatic heterocycles. The Balaban J connectivity index is 2.10. The highest BCUT2D eigenvalue weighted by molar-refractivity contribution is 6.32. The van der Waals surface area contributed by atoms with E-state index in [4.69, 9.17) is 17.3 Å². The third-order valence-corrected chi connectivity index (χ3v) is 3.56. The number of hydrogen-bond donors (Lipinski definition) is 1. The van der Waals surface area contributed by atoms with Crippen LogP contribution >= 0.6 is 11.6 Å². The summed E-state index contributed by atoms with van der Waals surface area (Å²) in [5.74, 6) is 0.288. The summed E-state index contributed by atoms with van der Waals surface area (Å²) >= 11 is 5.88. The SMILES string of the molecule is Nc1c(Cl)cnn1C1CCc2c(F)cccc21. The number of benzene rings is 1. The van der Waals surface area contributed by atoms with Crippen molar-refractivity contribution in [2.45, 2.75) is 18.9 Å². The number of fused-ring (bicyclic) bond motifs is 1. The van der Waals surface area contributed by atoms with E-state index < -0.39 is 0 Å². The molecule has 17 heavy (non-hydrogen) atoms. The zero-order valence-corrected chi connectivity index (χ0v) is 9.78. The van der Waals surface area contributed by atoms with Gasteiger partial charge in [0.1, 0.15) is 16.7 Å². The third kappa shape index (κ3) is 1.52. The first-order chi connectivity index (χ1) is 8.18. The Hall–Kier alpha value is -1.55. The number of nitrogens with zero attached hydrogens (tertiary/aromatic N) is 2. The van der Waals surface area contributed by atoms with Gasteiger partial charge in [0.15, 0.2) is 0 Å². The molecule has 2 N–H and O–H groups in total. The van der Waals surface area contributed by atoms with E-state index >= 15 is 0 Å². The molecule has 0 saturated carbocycles. The Morgan fingerprint density at radius 1 is 1.47 bits per heavy atom. The van der Waals surface area contributed by atoms with Crippen molar-refractivity contribution in [1.82, 2.24) is 9.78 Å². The summed E-state index contributed by atoms with van der Waals surface area (Å²) < 4.78 is 15.3. The lowest BCUT2D eigenvalue weighted by Crippen LogP contribution is -2.12. The summed E-state index contributed by atoms with van der Waals surface area (Å²) in [4.78, 5) is 0. The minimum Gasteiger partial charge on any atom is -0.383 e.